The summed E-state index contributed by atoms with van der Waals surface area (Å²) in [5, 5.41) is 0. The average molecular weight is 203 g/mol. The molecule has 2 rings (SSSR count). The fourth-order valence-corrected chi connectivity index (χ4v) is 1.67. The molecule has 0 bridgehead atoms. The number of hydrogen-bond acceptors (Lipinski definition) is 2. The van der Waals surface area contributed by atoms with Crippen molar-refractivity contribution in [2.45, 2.75) is 39.5 Å². The quantitative estimate of drug-likeness (QED) is 0.751. The molecule has 0 fully saturated rings. The predicted molar refractivity (Wildman–Crippen MR) is 61.2 cm³/mol. The molecule has 0 unspecified atom stereocenters. The summed E-state index contributed by atoms with van der Waals surface area (Å²) in [5.41, 5.74) is 2.12. The van der Waals surface area contributed by atoms with Crippen molar-refractivity contribution in [2.75, 3.05) is 0 Å². The zero-order chi connectivity index (χ0) is 11.0. The largest absolute Gasteiger partial charge is 0.288 e. The molecule has 0 aromatic carbocycles. The van der Waals surface area contributed by atoms with Gasteiger partial charge in [0.25, 0.3) is 0 Å². The fourth-order valence-electron chi connectivity index (χ4n) is 1.67. The first-order valence-corrected chi connectivity index (χ1v) is 5.43. The molecule has 0 amide bonds. The van der Waals surface area contributed by atoms with Crippen molar-refractivity contribution in [2.24, 2.45) is 0 Å². The number of hydrogen-bond donors (Lipinski definition) is 0. The highest BCUT2D eigenvalue weighted by molar-refractivity contribution is 5.41. The Bertz CT molecular complexity index is 469. The first-order chi connectivity index (χ1) is 7.09. The molecule has 0 saturated heterocycles. The van der Waals surface area contributed by atoms with Crippen molar-refractivity contribution in [3.05, 3.63) is 30.0 Å². The van der Waals surface area contributed by atoms with Crippen LogP contribution in [-0.4, -0.2) is 14.4 Å². The Morgan fingerprint density at radius 3 is 2.47 bits per heavy atom. The zero-order valence-corrected chi connectivity index (χ0v) is 9.73. The molecule has 80 valence electrons. The summed E-state index contributed by atoms with van der Waals surface area (Å²) in [6.45, 7) is 8.63. The van der Waals surface area contributed by atoms with Crippen LogP contribution < -0.4 is 0 Å². The standard InChI is InChI=1S/C12H17N3/c1-8(2)10-7-11-13-5-6-15(11)12(14-10)9(3)4/h5-9H,1-4H3. The maximum atomic E-state index is 4.70. The highest BCUT2D eigenvalue weighted by Gasteiger charge is 2.11. The molecule has 0 aliphatic rings. The van der Waals surface area contributed by atoms with E-state index in [0.717, 1.165) is 17.2 Å². The van der Waals surface area contributed by atoms with E-state index >= 15 is 0 Å². The van der Waals surface area contributed by atoms with Crippen LogP contribution in [0, 0.1) is 0 Å². The molecular weight excluding hydrogens is 186 g/mol. The topological polar surface area (TPSA) is 30.2 Å². The van der Waals surface area contributed by atoms with Crippen LogP contribution in [0.25, 0.3) is 5.65 Å². The van der Waals surface area contributed by atoms with Crippen molar-refractivity contribution in [1.29, 1.82) is 0 Å². The molecule has 0 aliphatic carbocycles. The minimum absolute atomic E-state index is 0.417. The third-order valence-corrected chi connectivity index (χ3v) is 2.54. The molecule has 0 atom stereocenters. The highest BCUT2D eigenvalue weighted by atomic mass is 15.1. The molecule has 15 heavy (non-hydrogen) atoms. The van der Waals surface area contributed by atoms with Crippen LogP contribution in [0.5, 0.6) is 0 Å². The van der Waals surface area contributed by atoms with Crippen LogP contribution >= 0.6 is 0 Å². The van der Waals surface area contributed by atoms with Crippen molar-refractivity contribution < 1.29 is 0 Å². The number of imidazole rings is 1. The highest BCUT2D eigenvalue weighted by Crippen LogP contribution is 2.19. The predicted octanol–water partition coefficient (Wildman–Crippen LogP) is 2.98. The van der Waals surface area contributed by atoms with Gasteiger partial charge in [0.15, 0.2) is 0 Å². The van der Waals surface area contributed by atoms with E-state index in [-0.39, 0.29) is 0 Å². The lowest BCUT2D eigenvalue weighted by Gasteiger charge is -2.12. The van der Waals surface area contributed by atoms with E-state index < -0.39 is 0 Å². The van der Waals surface area contributed by atoms with E-state index in [1.54, 1.807) is 0 Å². The second-order valence-electron chi connectivity index (χ2n) is 4.50. The van der Waals surface area contributed by atoms with Gasteiger partial charge in [-0.15, -0.1) is 0 Å². The van der Waals surface area contributed by atoms with Crippen molar-refractivity contribution in [3.63, 3.8) is 0 Å². The van der Waals surface area contributed by atoms with Gasteiger partial charge in [0.1, 0.15) is 11.5 Å². The molecule has 0 aliphatic heterocycles. The molecule has 2 heterocycles. The third kappa shape index (κ3) is 1.74. The van der Waals surface area contributed by atoms with Crippen LogP contribution in [0.15, 0.2) is 18.5 Å². The first kappa shape index (κ1) is 10.1. The summed E-state index contributed by atoms with van der Waals surface area (Å²) in [5.74, 6) is 1.96. The SMILES string of the molecule is CC(C)c1cc2nccn2c(C(C)C)n1. The van der Waals surface area contributed by atoms with Crippen molar-refractivity contribution in [1.82, 2.24) is 14.4 Å². The van der Waals surface area contributed by atoms with Crippen molar-refractivity contribution >= 4 is 5.65 Å². The first-order valence-electron chi connectivity index (χ1n) is 5.43. The minimum Gasteiger partial charge on any atom is -0.288 e. The van der Waals surface area contributed by atoms with Gasteiger partial charge in [-0.25, -0.2) is 9.97 Å². The van der Waals surface area contributed by atoms with Crippen molar-refractivity contribution in [3.8, 4) is 0 Å². The minimum atomic E-state index is 0.417. The Morgan fingerprint density at radius 2 is 1.87 bits per heavy atom. The lowest BCUT2D eigenvalue weighted by Crippen LogP contribution is -2.06. The monoisotopic (exact) mass is 203 g/mol. The molecule has 0 spiro atoms. The van der Waals surface area contributed by atoms with Crippen LogP contribution in [0.3, 0.4) is 0 Å². The zero-order valence-electron chi connectivity index (χ0n) is 9.73. The maximum Gasteiger partial charge on any atom is 0.139 e. The summed E-state index contributed by atoms with van der Waals surface area (Å²) in [7, 11) is 0. The molecule has 2 aromatic rings. The van der Waals surface area contributed by atoms with Crippen LogP contribution in [0.1, 0.15) is 51.0 Å². The summed E-state index contributed by atoms with van der Waals surface area (Å²) in [4.78, 5) is 9.02. The lowest BCUT2D eigenvalue weighted by atomic mass is 10.1. The number of nitrogens with zero attached hydrogens (tertiary/aromatic N) is 3. The van der Waals surface area contributed by atoms with E-state index in [9.17, 15) is 0 Å². The van der Waals surface area contributed by atoms with Gasteiger partial charge in [0, 0.05) is 30.1 Å². The molecule has 3 nitrogen and oxygen atoms in total. The summed E-state index contributed by atoms with van der Waals surface area (Å²) in [6, 6.07) is 2.07. The maximum absolute atomic E-state index is 4.70. The summed E-state index contributed by atoms with van der Waals surface area (Å²) >= 11 is 0. The average Bonchev–Trinajstić information content (AvgIpc) is 2.62. The van der Waals surface area contributed by atoms with E-state index in [1.807, 2.05) is 12.4 Å². The smallest absolute Gasteiger partial charge is 0.139 e. The van der Waals surface area contributed by atoms with E-state index in [0.29, 0.717) is 11.8 Å². The Hall–Kier alpha value is -1.38. The second kappa shape index (κ2) is 3.65. The van der Waals surface area contributed by atoms with Crippen LogP contribution in [0.2, 0.25) is 0 Å². The summed E-state index contributed by atoms with van der Waals surface area (Å²) in [6.07, 6.45) is 3.80. The lowest BCUT2D eigenvalue weighted by molar-refractivity contribution is 0.715. The Labute approximate surface area is 90.2 Å². The molecule has 0 saturated carbocycles. The van der Waals surface area contributed by atoms with Crippen LogP contribution in [-0.2, 0) is 0 Å². The molecule has 0 radical (unpaired) electrons. The fraction of sp³-hybridized carbons (Fsp3) is 0.500. The Kier molecular flexibility index (Phi) is 2.47. The van der Waals surface area contributed by atoms with Gasteiger partial charge in [-0.2, -0.15) is 0 Å². The number of fused-ring (bicyclic) bond motifs is 1. The number of rotatable bonds is 2. The molecule has 3 heteroatoms. The van der Waals surface area contributed by atoms with E-state index in [2.05, 4.69) is 43.1 Å². The van der Waals surface area contributed by atoms with E-state index in [4.69, 9.17) is 4.98 Å². The normalized spacial score (nSPS) is 11.9. The molecular formula is C12H17N3. The molecule has 0 N–H and O–H groups in total. The van der Waals surface area contributed by atoms with Gasteiger partial charge < -0.3 is 0 Å². The molecule has 2 aromatic heterocycles. The Morgan fingerprint density at radius 1 is 1.13 bits per heavy atom. The summed E-state index contributed by atoms with van der Waals surface area (Å²) < 4.78 is 2.07. The van der Waals surface area contributed by atoms with Gasteiger partial charge in [-0.05, 0) is 5.92 Å². The van der Waals surface area contributed by atoms with Gasteiger partial charge in [-0.3, -0.25) is 4.40 Å². The van der Waals surface area contributed by atoms with Gasteiger partial charge >= 0.3 is 0 Å². The number of aromatic nitrogens is 3. The Balaban J connectivity index is 2.69. The van der Waals surface area contributed by atoms with Gasteiger partial charge in [-0.1, -0.05) is 27.7 Å². The van der Waals surface area contributed by atoms with E-state index in [1.165, 1.54) is 0 Å². The van der Waals surface area contributed by atoms with Gasteiger partial charge in [0.05, 0.1) is 0 Å². The van der Waals surface area contributed by atoms with Gasteiger partial charge in [0.2, 0.25) is 0 Å². The van der Waals surface area contributed by atoms with Crippen LogP contribution in [0.4, 0.5) is 0 Å². The third-order valence-electron chi connectivity index (χ3n) is 2.54. The second-order valence-corrected chi connectivity index (χ2v) is 4.50.